The Labute approximate surface area is 181 Å². The van der Waals surface area contributed by atoms with Crippen LogP contribution in [0.25, 0.3) is 44.5 Å². The van der Waals surface area contributed by atoms with Crippen LogP contribution in [0.3, 0.4) is 0 Å². The minimum absolute atomic E-state index is 0.0968. The van der Waals surface area contributed by atoms with E-state index in [1.807, 2.05) is 12.4 Å². The number of fused-ring (bicyclic) bond motifs is 7. The average molecular weight is 405 g/mol. The Morgan fingerprint density at radius 2 is 1.55 bits per heavy atom. The zero-order chi connectivity index (χ0) is 21.5. The minimum atomic E-state index is -0.0968. The summed E-state index contributed by atoms with van der Waals surface area (Å²) in [6.07, 6.45) is 3.99. The first-order valence-corrected chi connectivity index (χ1v) is 10.8. The molecule has 0 amide bonds. The van der Waals surface area contributed by atoms with Gasteiger partial charge in [0.25, 0.3) is 0 Å². The van der Waals surface area contributed by atoms with Gasteiger partial charge >= 0.3 is 0 Å². The van der Waals surface area contributed by atoms with Crippen molar-refractivity contribution in [1.82, 2.24) is 9.97 Å². The molecule has 1 aliphatic rings. The smallest absolute Gasteiger partial charge is 0.162 e. The van der Waals surface area contributed by atoms with Gasteiger partial charge in [-0.05, 0) is 66.3 Å². The highest BCUT2D eigenvalue weighted by Gasteiger charge is 2.38. The van der Waals surface area contributed by atoms with Crippen LogP contribution in [0.1, 0.15) is 41.7 Å². The number of hydrogen-bond acceptors (Lipinski definition) is 3. The van der Waals surface area contributed by atoms with Crippen LogP contribution in [-0.2, 0) is 5.41 Å². The Kier molecular flexibility index (Phi) is 3.57. The lowest BCUT2D eigenvalue weighted by atomic mass is 9.83. The van der Waals surface area contributed by atoms with Crippen LogP contribution < -0.4 is 0 Å². The molecule has 152 valence electrons. The van der Waals surface area contributed by atoms with Gasteiger partial charge in [0.2, 0.25) is 0 Å². The van der Waals surface area contributed by atoms with Gasteiger partial charge in [0, 0.05) is 34.3 Å². The van der Waals surface area contributed by atoms with E-state index in [1.54, 1.807) is 0 Å². The zero-order valence-corrected chi connectivity index (χ0v) is 18.5. The summed E-state index contributed by atoms with van der Waals surface area (Å²) >= 11 is 0. The van der Waals surface area contributed by atoms with Gasteiger partial charge in [0.15, 0.2) is 5.58 Å². The van der Waals surface area contributed by atoms with E-state index in [2.05, 4.69) is 77.1 Å². The van der Waals surface area contributed by atoms with Crippen LogP contribution >= 0.6 is 0 Å². The van der Waals surface area contributed by atoms with Gasteiger partial charge in [-0.3, -0.25) is 9.97 Å². The quantitative estimate of drug-likeness (QED) is 0.295. The zero-order valence-electron chi connectivity index (χ0n) is 18.5. The molecule has 0 radical (unpaired) electrons. The van der Waals surface area contributed by atoms with Crippen molar-refractivity contribution in [2.75, 3.05) is 0 Å². The number of pyridine rings is 2. The molecule has 0 fully saturated rings. The van der Waals surface area contributed by atoms with E-state index in [4.69, 9.17) is 14.4 Å². The summed E-state index contributed by atoms with van der Waals surface area (Å²) in [5, 5.41) is 1.04. The molecule has 0 saturated heterocycles. The topological polar surface area (TPSA) is 38.9 Å². The van der Waals surface area contributed by atoms with Gasteiger partial charge in [0.1, 0.15) is 11.1 Å². The number of hydrogen-bond donors (Lipinski definition) is 0. The lowest BCUT2D eigenvalue weighted by Gasteiger charge is -2.20. The maximum absolute atomic E-state index is 6.68. The van der Waals surface area contributed by atoms with Crippen molar-refractivity contribution >= 4 is 22.1 Å². The number of benzene rings is 2. The van der Waals surface area contributed by atoms with E-state index in [-0.39, 0.29) is 5.41 Å². The van der Waals surface area contributed by atoms with Crippen LogP contribution in [0.5, 0.6) is 0 Å². The Hall–Kier alpha value is -3.46. The molecule has 0 N–H and O–H groups in total. The third kappa shape index (κ3) is 2.35. The van der Waals surface area contributed by atoms with E-state index in [0.29, 0.717) is 0 Å². The van der Waals surface area contributed by atoms with Gasteiger partial charge in [-0.15, -0.1) is 0 Å². The molecule has 1 aliphatic carbocycles. The number of aryl methyl sites for hydroxylation is 3. The van der Waals surface area contributed by atoms with Crippen molar-refractivity contribution in [1.29, 1.82) is 0 Å². The molecule has 0 bridgehead atoms. The van der Waals surface area contributed by atoms with E-state index in [9.17, 15) is 0 Å². The molecule has 31 heavy (non-hydrogen) atoms. The Morgan fingerprint density at radius 1 is 0.742 bits per heavy atom. The molecule has 2 aromatic carbocycles. The highest BCUT2D eigenvalue weighted by molar-refractivity contribution is 6.12. The summed E-state index contributed by atoms with van der Waals surface area (Å²) in [5.74, 6) is 0. The number of rotatable bonds is 1. The fourth-order valence-corrected chi connectivity index (χ4v) is 5.07. The molecule has 0 unspecified atom stereocenters. The molecule has 0 atom stereocenters. The predicted octanol–water partition coefficient (Wildman–Crippen LogP) is 7.27. The molecule has 3 heterocycles. The lowest BCUT2D eigenvalue weighted by molar-refractivity contribution is 0.650. The van der Waals surface area contributed by atoms with Gasteiger partial charge in [-0.1, -0.05) is 44.2 Å². The van der Waals surface area contributed by atoms with Crippen molar-refractivity contribution in [2.24, 2.45) is 0 Å². The summed E-state index contributed by atoms with van der Waals surface area (Å²) in [7, 11) is 0. The first kappa shape index (κ1) is 18.3. The summed E-state index contributed by atoms with van der Waals surface area (Å²) in [4.78, 5) is 9.64. The van der Waals surface area contributed by atoms with Crippen LogP contribution in [-0.4, -0.2) is 9.97 Å². The van der Waals surface area contributed by atoms with Crippen LogP contribution in [0.15, 0.2) is 59.3 Å². The van der Waals surface area contributed by atoms with Crippen molar-refractivity contribution in [3.05, 3.63) is 82.7 Å². The van der Waals surface area contributed by atoms with Crippen molar-refractivity contribution < 1.29 is 4.42 Å². The van der Waals surface area contributed by atoms with Gasteiger partial charge < -0.3 is 4.42 Å². The van der Waals surface area contributed by atoms with E-state index >= 15 is 0 Å². The monoisotopic (exact) mass is 404 g/mol. The second-order valence-corrected chi connectivity index (χ2v) is 9.29. The third-order valence-corrected chi connectivity index (χ3v) is 7.03. The molecule has 0 spiro atoms. The number of furan rings is 1. The van der Waals surface area contributed by atoms with E-state index in [1.165, 1.54) is 33.4 Å². The average Bonchev–Trinajstić information content (AvgIpc) is 3.23. The number of nitrogens with zero attached hydrogens (tertiary/aromatic N) is 2. The number of aromatic nitrogens is 2. The minimum Gasteiger partial charge on any atom is -0.453 e. The lowest BCUT2D eigenvalue weighted by Crippen LogP contribution is -2.15. The fraction of sp³-hybridized carbons (Fsp3) is 0.214. The summed E-state index contributed by atoms with van der Waals surface area (Å²) in [6, 6.07) is 15.1. The molecule has 6 rings (SSSR count). The molecular weight excluding hydrogens is 380 g/mol. The SMILES string of the molecule is Cc1cnc(-c2c(C)ccc3c2oc2c4c(cnc23)C(C)(C)c2ccccc2-4)cc1C. The maximum atomic E-state index is 6.68. The molecule has 3 heteroatoms. The third-order valence-electron chi connectivity index (χ3n) is 7.03. The summed E-state index contributed by atoms with van der Waals surface area (Å²) in [5.41, 5.74) is 13.1. The van der Waals surface area contributed by atoms with Crippen LogP contribution in [0.4, 0.5) is 0 Å². The van der Waals surface area contributed by atoms with Crippen molar-refractivity contribution in [2.45, 2.75) is 40.0 Å². The van der Waals surface area contributed by atoms with Crippen molar-refractivity contribution in [3.8, 4) is 22.4 Å². The molecule has 0 saturated carbocycles. The normalized spacial score (nSPS) is 14.2. The van der Waals surface area contributed by atoms with Gasteiger partial charge in [-0.2, -0.15) is 0 Å². The first-order valence-electron chi connectivity index (χ1n) is 10.8. The largest absolute Gasteiger partial charge is 0.453 e. The van der Waals surface area contributed by atoms with Crippen LogP contribution in [0.2, 0.25) is 0 Å². The maximum Gasteiger partial charge on any atom is 0.162 e. The van der Waals surface area contributed by atoms with Gasteiger partial charge in [-0.25, -0.2) is 0 Å². The molecular formula is C28H24N2O. The molecule has 3 nitrogen and oxygen atoms in total. The summed E-state index contributed by atoms with van der Waals surface area (Å²) in [6.45, 7) is 10.9. The second-order valence-electron chi connectivity index (χ2n) is 9.29. The highest BCUT2D eigenvalue weighted by atomic mass is 16.3. The molecule has 0 aliphatic heterocycles. The fourth-order valence-electron chi connectivity index (χ4n) is 5.07. The van der Waals surface area contributed by atoms with Gasteiger partial charge in [0.05, 0.1) is 5.69 Å². The Balaban J connectivity index is 1.74. The van der Waals surface area contributed by atoms with E-state index < -0.39 is 0 Å². The van der Waals surface area contributed by atoms with Crippen LogP contribution in [0, 0.1) is 20.8 Å². The Bertz CT molecular complexity index is 1540. The predicted molar refractivity (Wildman–Crippen MR) is 127 cm³/mol. The van der Waals surface area contributed by atoms with Crippen molar-refractivity contribution in [3.63, 3.8) is 0 Å². The Morgan fingerprint density at radius 3 is 2.35 bits per heavy atom. The highest BCUT2D eigenvalue weighted by Crippen LogP contribution is 2.52. The standard InChI is InChI=1S/C28H24N2O/c1-15-10-11-19-25-27(31-26(19)23(15)22-12-16(2)17(3)13-29-22)24-18-8-6-7-9-20(18)28(4,5)21(24)14-30-25/h6-14H,1-5H3. The molecule has 5 aromatic rings. The van der Waals surface area contributed by atoms with E-state index in [0.717, 1.165) is 38.9 Å². The summed E-state index contributed by atoms with van der Waals surface area (Å²) < 4.78 is 6.68. The second kappa shape index (κ2) is 6.04. The first-order chi connectivity index (χ1) is 14.9. The molecule has 3 aromatic heterocycles.